The van der Waals surface area contributed by atoms with Crippen LogP contribution in [-0.2, 0) is 9.59 Å². The van der Waals surface area contributed by atoms with Crippen LogP contribution in [0, 0.1) is 32.1 Å². The lowest BCUT2D eigenvalue weighted by Crippen LogP contribution is -2.21. The van der Waals surface area contributed by atoms with E-state index in [0.29, 0.717) is 23.5 Å². The number of halogens is 1. The molecule has 0 saturated carbocycles. The van der Waals surface area contributed by atoms with Gasteiger partial charge in [-0.2, -0.15) is 5.26 Å². The van der Waals surface area contributed by atoms with E-state index in [2.05, 4.69) is 10.6 Å². The molecule has 0 aliphatic heterocycles. The van der Waals surface area contributed by atoms with Crippen LogP contribution < -0.4 is 20.1 Å². The second-order valence-corrected chi connectivity index (χ2v) is 8.75. The van der Waals surface area contributed by atoms with Crippen molar-refractivity contribution in [3.8, 4) is 17.6 Å². The van der Waals surface area contributed by atoms with Gasteiger partial charge in [-0.25, -0.2) is 0 Å². The molecule has 2 amide bonds. The minimum atomic E-state index is -0.550. The second-order valence-electron chi connectivity index (χ2n) is 8.34. The highest BCUT2D eigenvalue weighted by atomic mass is 35.5. The monoisotopic (exact) mass is 517 g/mol. The number of hydrogen-bond donors (Lipinski definition) is 2. The predicted molar refractivity (Wildman–Crippen MR) is 146 cm³/mol. The summed E-state index contributed by atoms with van der Waals surface area (Å²) >= 11 is 6.46. The molecular weight excluding hydrogens is 490 g/mol. The summed E-state index contributed by atoms with van der Waals surface area (Å²) in [6, 6.07) is 18.0. The summed E-state index contributed by atoms with van der Waals surface area (Å²) in [6.45, 7) is 7.63. The minimum Gasteiger partial charge on any atom is -0.490 e. The van der Waals surface area contributed by atoms with Gasteiger partial charge in [0.25, 0.3) is 11.8 Å². The number of amides is 2. The first-order valence-corrected chi connectivity index (χ1v) is 12.0. The van der Waals surface area contributed by atoms with Crippen LogP contribution in [0.3, 0.4) is 0 Å². The highest BCUT2D eigenvalue weighted by molar-refractivity contribution is 6.32. The van der Waals surface area contributed by atoms with Crippen LogP contribution in [0.4, 0.5) is 11.4 Å². The van der Waals surface area contributed by atoms with Crippen molar-refractivity contribution in [2.75, 3.05) is 23.8 Å². The van der Waals surface area contributed by atoms with E-state index < -0.39 is 5.91 Å². The number of nitrogens with zero attached hydrogens (tertiary/aromatic N) is 1. The predicted octanol–water partition coefficient (Wildman–Crippen LogP) is 6.23. The Bertz CT molecular complexity index is 1390. The van der Waals surface area contributed by atoms with Crippen LogP contribution in [0.5, 0.6) is 11.5 Å². The van der Waals surface area contributed by atoms with Crippen molar-refractivity contribution >= 4 is 40.9 Å². The molecule has 0 atom stereocenters. The molecule has 37 heavy (non-hydrogen) atoms. The maximum absolute atomic E-state index is 12.7. The molecule has 0 fully saturated rings. The maximum atomic E-state index is 12.7. The summed E-state index contributed by atoms with van der Waals surface area (Å²) in [5.41, 5.74) is 4.67. The molecule has 3 aromatic carbocycles. The summed E-state index contributed by atoms with van der Waals surface area (Å²) in [4.78, 5) is 25.2. The van der Waals surface area contributed by atoms with Crippen molar-refractivity contribution in [1.29, 1.82) is 5.26 Å². The van der Waals surface area contributed by atoms with Crippen molar-refractivity contribution in [3.05, 3.63) is 87.4 Å². The topological polar surface area (TPSA) is 100 Å². The van der Waals surface area contributed by atoms with Crippen molar-refractivity contribution in [2.24, 2.45) is 0 Å². The van der Waals surface area contributed by atoms with Crippen LogP contribution in [0.1, 0.15) is 29.2 Å². The number of benzene rings is 3. The fraction of sp³-hybridized carbons (Fsp3) is 0.207. The molecule has 0 bridgehead atoms. The van der Waals surface area contributed by atoms with Gasteiger partial charge in [-0.05, 0) is 86.4 Å². The van der Waals surface area contributed by atoms with Gasteiger partial charge in [0, 0.05) is 11.4 Å². The molecule has 0 saturated heterocycles. The van der Waals surface area contributed by atoms with Crippen LogP contribution in [0.25, 0.3) is 6.08 Å². The molecule has 3 rings (SSSR count). The molecule has 2 N–H and O–H groups in total. The molecule has 0 spiro atoms. The van der Waals surface area contributed by atoms with Crippen LogP contribution in [-0.4, -0.2) is 25.0 Å². The fourth-order valence-corrected chi connectivity index (χ4v) is 3.79. The Morgan fingerprint density at radius 3 is 2.49 bits per heavy atom. The molecule has 0 aliphatic rings. The second kappa shape index (κ2) is 12.6. The Labute approximate surface area is 221 Å². The Morgan fingerprint density at radius 1 is 1.03 bits per heavy atom. The van der Waals surface area contributed by atoms with Gasteiger partial charge in [0.15, 0.2) is 18.1 Å². The van der Waals surface area contributed by atoms with E-state index in [1.807, 2.05) is 57.2 Å². The molecule has 0 aliphatic carbocycles. The maximum Gasteiger partial charge on any atom is 0.266 e. The number of anilines is 2. The van der Waals surface area contributed by atoms with E-state index in [0.717, 1.165) is 16.7 Å². The van der Waals surface area contributed by atoms with Crippen molar-refractivity contribution in [3.63, 3.8) is 0 Å². The molecular formula is C29H28ClN3O4. The lowest BCUT2D eigenvalue weighted by molar-refractivity contribution is -0.118. The molecule has 0 radical (unpaired) electrons. The number of aryl methyl sites for hydroxylation is 2. The van der Waals surface area contributed by atoms with Crippen molar-refractivity contribution in [1.82, 2.24) is 0 Å². The van der Waals surface area contributed by atoms with Gasteiger partial charge in [-0.1, -0.05) is 35.9 Å². The van der Waals surface area contributed by atoms with E-state index in [1.165, 1.54) is 6.08 Å². The molecule has 7 nitrogen and oxygen atoms in total. The first-order valence-electron chi connectivity index (χ1n) is 11.7. The zero-order valence-corrected chi connectivity index (χ0v) is 21.9. The largest absolute Gasteiger partial charge is 0.490 e. The van der Waals surface area contributed by atoms with Gasteiger partial charge in [-0.3, -0.25) is 9.59 Å². The first-order chi connectivity index (χ1) is 17.7. The SMILES string of the molecule is CCOc1cc(/C=C(\C#N)C(=O)Nc2cccc(C)c2)cc(Cl)c1OCC(=O)Nc1cccc(C)c1C. The van der Waals surface area contributed by atoms with E-state index in [1.54, 1.807) is 31.2 Å². The molecule has 0 aromatic heterocycles. The van der Waals surface area contributed by atoms with Crippen LogP contribution in [0.2, 0.25) is 5.02 Å². The summed E-state index contributed by atoms with van der Waals surface area (Å²) in [7, 11) is 0. The van der Waals surface area contributed by atoms with Crippen LogP contribution in [0.15, 0.2) is 60.2 Å². The lowest BCUT2D eigenvalue weighted by Gasteiger charge is -2.15. The fourth-order valence-electron chi connectivity index (χ4n) is 3.52. The first kappa shape index (κ1) is 27.3. The average molecular weight is 518 g/mol. The number of nitriles is 1. The van der Waals surface area contributed by atoms with Gasteiger partial charge in [0.05, 0.1) is 11.6 Å². The smallest absolute Gasteiger partial charge is 0.266 e. The molecule has 190 valence electrons. The summed E-state index contributed by atoms with van der Waals surface area (Å²) < 4.78 is 11.4. The molecule has 8 heteroatoms. The number of hydrogen-bond acceptors (Lipinski definition) is 5. The quantitative estimate of drug-likeness (QED) is 0.259. The summed E-state index contributed by atoms with van der Waals surface area (Å²) in [6.07, 6.45) is 1.41. The lowest BCUT2D eigenvalue weighted by atomic mass is 10.1. The van der Waals surface area contributed by atoms with E-state index >= 15 is 0 Å². The van der Waals surface area contributed by atoms with Crippen LogP contribution >= 0.6 is 11.6 Å². The summed E-state index contributed by atoms with van der Waals surface area (Å²) in [5.74, 6) is -0.418. The highest BCUT2D eigenvalue weighted by Crippen LogP contribution is 2.37. The third-order valence-electron chi connectivity index (χ3n) is 5.51. The van der Waals surface area contributed by atoms with E-state index in [9.17, 15) is 14.9 Å². The summed E-state index contributed by atoms with van der Waals surface area (Å²) in [5, 5.41) is 15.3. The zero-order chi connectivity index (χ0) is 26.9. The van der Waals surface area contributed by atoms with Crippen molar-refractivity contribution in [2.45, 2.75) is 27.7 Å². The van der Waals surface area contributed by atoms with Gasteiger partial charge in [-0.15, -0.1) is 0 Å². The Balaban J connectivity index is 1.78. The number of carbonyl (C=O) groups excluding carboxylic acids is 2. The Kier molecular flexibility index (Phi) is 9.31. The van der Waals surface area contributed by atoms with Crippen molar-refractivity contribution < 1.29 is 19.1 Å². The Morgan fingerprint density at radius 2 is 1.78 bits per heavy atom. The minimum absolute atomic E-state index is 0.110. The normalized spacial score (nSPS) is 10.9. The molecule has 3 aromatic rings. The van der Waals surface area contributed by atoms with Gasteiger partial charge < -0.3 is 20.1 Å². The van der Waals surface area contributed by atoms with Gasteiger partial charge in [0.2, 0.25) is 0 Å². The molecule has 0 heterocycles. The average Bonchev–Trinajstić information content (AvgIpc) is 2.85. The zero-order valence-electron chi connectivity index (χ0n) is 21.1. The molecule has 0 unspecified atom stereocenters. The van der Waals surface area contributed by atoms with Gasteiger partial charge in [0.1, 0.15) is 11.6 Å². The number of ether oxygens (including phenoxy) is 2. The number of carbonyl (C=O) groups is 2. The standard InChI is InChI=1S/C29H28ClN3O4/c1-5-36-26-15-21(13-22(16-31)29(35)32-23-10-6-8-18(2)12-23)14-24(30)28(26)37-17-27(34)33-25-11-7-9-19(3)20(25)4/h6-15H,5,17H2,1-4H3,(H,32,35)(H,33,34)/b22-13+. The number of nitrogens with one attached hydrogen (secondary N) is 2. The van der Waals surface area contributed by atoms with E-state index in [-0.39, 0.29) is 34.6 Å². The third kappa shape index (κ3) is 7.35. The highest BCUT2D eigenvalue weighted by Gasteiger charge is 2.16. The number of rotatable bonds is 9. The third-order valence-corrected chi connectivity index (χ3v) is 5.79. The van der Waals surface area contributed by atoms with Gasteiger partial charge >= 0.3 is 0 Å². The van der Waals surface area contributed by atoms with E-state index in [4.69, 9.17) is 21.1 Å². The Hall–Kier alpha value is -4.28.